The number of aromatic nitrogens is 4. The van der Waals surface area contributed by atoms with E-state index in [0.29, 0.717) is 0 Å². The van der Waals surface area contributed by atoms with Crippen LogP contribution in [0.3, 0.4) is 0 Å². The van der Waals surface area contributed by atoms with Crippen molar-refractivity contribution < 1.29 is 0 Å². The fourth-order valence-corrected chi connectivity index (χ4v) is 4.35. The highest BCUT2D eigenvalue weighted by atomic mass is 35.5. The zero-order valence-corrected chi connectivity index (χ0v) is 18.8. The zero-order chi connectivity index (χ0) is 18.8. The largest absolute Gasteiger partial charge is 0.311 e. The molecule has 8 heteroatoms. The van der Waals surface area contributed by atoms with E-state index < -0.39 is 0 Å². The Bertz CT molecular complexity index is 921. The lowest BCUT2D eigenvalue weighted by Crippen LogP contribution is -2.29. The molecule has 0 spiro atoms. The van der Waals surface area contributed by atoms with Gasteiger partial charge in [0.15, 0.2) is 5.82 Å². The van der Waals surface area contributed by atoms with Crippen molar-refractivity contribution in [1.29, 1.82) is 0 Å². The molecular formula is C22H30Cl2N6. The molecule has 0 amide bonds. The number of rotatable bonds is 4. The van der Waals surface area contributed by atoms with Crippen molar-refractivity contribution in [3.63, 3.8) is 0 Å². The second kappa shape index (κ2) is 10.4. The molecule has 0 unspecified atom stereocenters. The van der Waals surface area contributed by atoms with Crippen LogP contribution in [-0.2, 0) is 19.6 Å². The minimum Gasteiger partial charge on any atom is -0.311 e. The van der Waals surface area contributed by atoms with Crippen LogP contribution in [0.5, 0.6) is 0 Å². The average molecular weight is 449 g/mol. The molecule has 2 aliphatic heterocycles. The zero-order valence-electron chi connectivity index (χ0n) is 17.2. The fourth-order valence-electron chi connectivity index (χ4n) is 4.35. The number of nitrogens with one attached hydrogen (secondary N) is 1. The van der Waals surface area contributed by atoms with Crippen molar-refractivity contribution in [2.75, 3.05) is 19.6 Å². The van der Waals surface area contributed by atoms with Crippen molar-refractivity contribution >= 4 is 24.8 Å². The molecule has 5 rings (SSSR count). The Hall–Kier alpha value is -1.86. The molecule has 0 saturated carbocycles. The predicted octanol–water partition coefficient (Wildman–Crippen LogP) is 4.06. The number of likely N-dealkylation sites (tertiary alicyclic amines) is 1. The summed E-state index contributed by atoms with van der Waals surface area (Å²) in [5.74, 6) is 0.913. The van der Waals surface area contributed by atoms with Gasteiger partial charge in [-0.15, -0.1) is 24.8 Å². The molecule has 1 N–H and O–H groups in total. The molecule has 3 aromatic rings. The van der Waals surface area contributed by atoms with E-state index in [0.717, 1.165) is 49.8 Å². The summed E-state index contributed by atoms with van der Waals surface area (Å²) in [6.07, 6.45) is 9.05. The van der Waals surface area contributed by atoms with E-state index in [2.05, 4.69) is 54.8 Å². The van der Waals surface area contributed by atoms with Crippen LogP contribution in [-0.4, -0.2) is 43.9 Å². The fraction of sp³-hybridized carbons (Fsp3) is 0.455. The summed E-state index contributed by atoms with van der Waals surface area (Å²) in [7, 11) is 0. The normalized spacial score (nSPS) is 16.8. The first-order chi connectivity index (χ1) is 13.9. The molecule has 0 bridgehead atoms. The number of benzene rings is 1. The lowest BCUT2D eigenvalue weighted by molar-refractivity contribution is 0.221. The highest BCUT2D eigenvalue weighted by Crippen LogP contribution is 2.23. The molecule has 6 nitrogen and oxygen atoms in total. The van der Waals surface area contributed by atoms with Crippen molar-refractivity contribution in [3.05, 3.63) is 54.0 Å². The van der Waals surface area contributed by atoms with Crippen LogP contribution < -0.4 is 5.32 Å². The summed E-state index contributed by atoms with van der Waals surface area (Å²) >= 11 is 0. The summed E-state index contributed by atoms with van der Waals surface area (Å²) in [4.78, 5) is 7.20. The minimum absolute atomic E-state index is 0. The molecule has 0 atom stereocenters. The predicted molar refractivity (Wildman–Crippen MR) is 125 cm³/mol. The third-order valence-corrected chi connectivity index (χ3v) is 5.81. The number of piperidine rings is 1. The molecule has 1 saturated heterocycles. The topological polar surface area (TPSA) is 50.9 Å². The Balaban J connectivity index is 0.00000128. The Labute approximate surface area is 190 Å². The molecule has 0 radical (unpaired) electrons. The van der Waals surface area contributed by atoms with E-state index in [1.54, 1.807) is 0 Å². The highest BCUT2D eigenvalue weighted by Gasteiger charge is 2.17. The molecular weight excluding hydrogens is 419 g/mol. The summed E-state index contributed by atoms with van der Waals surface area (Å²) in [6.45, 7) is 6.36. The Morgan fingerprint density at radius 3 is 2.70 bits per heavy atom. The van der Waals surface area contributed by atoms with Gasteiger partial charge < -0.3 is 5.32 Å². The van der Waals surface area contributed by atoms with E-state index in [4.69, 9.17) is 5.10 Å². The Kier molecular flexibility index (Phi) is 7.94. The summed E-state index contributed by atoms with van der Waals surface area (Å²) in [5, 5.41) is 8.30. The van der Waals surface area contributed by atoms with E-state index >= 15 is 0 Å². The quantitative estimate of drug-likeness (QED) is 0.653. The van der Waals surface area contributed by atoms with E-state index in [1.807, 2.05) is 12.4 Å². The van der Waals surface area contributed by atoms with Crippen molar-refractivity contribution in [2.45, 2.75) is 45.3 Å². The second-order valence-electron chi connectivity index (χ2n) is 7.90. The van der Waals surface area contributed by atoms with Gasteiger partial charge in [-0.3, -0.25) is 14.1 Å². The van der Waals surface area contributed by atoms with Crippen molar-refractivity contribution in [2.24, 2.45) is 0 Å². The third kappa shape index (κ3) is 4.89. The maximum absolute atomic E-state index is 4.84. The van der Waals surface area contributed by atoms with Crippen LogP contribution in [0.2, 0.25) is 0 Å². The van der Waals surface area contributed by atoms with Crippen molar-refractivity contribution in [3.8, 4) is 17.2 Å². The third-order valence-electron chi connectivity index (χ3n) is 5.81. The van der Waals surface area contributed by atoms with E-state index in [-0.39, 0.29) is 24.8 Å². The van der Waals surface area contributed by atoms with Gasteiger partial charge in [0, 0.05) is 37.7 Å². The first-order valence-corrected chi connectivity index (χ1v) is 10.5. The summed E-state index contributed by atoms with van der Waals surface area (Å²) in [6, 6.07) is 11.0. The second-order valence-corrected chi connectivity index (χ2v) is 7.90. The van der Waals surface area contributed by atoms with Crippen molar-refractivity contribution in [1.82, 2.24) is 29.5 Å². The standard InChI is InChI=1S/C22H28N6.2ClH/c1-2-10-26(11-3-1)17-18-6-4-7-19(14-18)27-13-9-24-22(27)21-15-20-16-23-8-5-12-28(20)25-21;;/h4,6-7,9,13-15,23H,1-3,5,8,10-12,16-17H2;2*1H. The summed E-state index contributed by atoms with van der Waals surface area (Å²) in [5.41, 5.74) is 4.71. The Morgan fingerprint density at radius 1 is 0.967 bits per heavy atom. The number of aryl methyl sites for hydroxylation is 1. The van der Waals surface area contributed by atoms with Crippen LogP contribution in [0.15, 0.2) is 42.7 Å². The lowest BCUT2D eigenvalue weighted by Gasteiger charge is -2.26. The number of nitrogens with zero attached hydrogens (tertiary/aromatic N) is 5. The molecule has 30 heavy (non-hydrogen) atoms. The monoisotopic (exact) mass is 448 g/mol. The van der Waals surface area contributed by atoms with Gasteiger partial charge in [0.1, 0.15) is 5.69 Å². The SMILES string of the molecule is Cl.Cl.c1cc(CN2CCCCC2)cc(-n2ccnc2-c2cc3n(n2)CCCNC3)c1. The van der Waals surface area contributed by atoms with E-state index in [9.17, 15) is 0 Å². The molecule has 1 aromatic carbocycles. The smallest absolute Gasteiger partial charge is 0.165 e. The molecule has 0 aliphatic carbocycles. The average Bonchev–Trinajstić information content (AvgIpc) is 3.31. The van der Waals surface area contributed by atoms with Crippen LogP contribution >= 0.6 is 24.8 Å². The van der Waals surface area contributed by atoms with Crippen LogP contribution in [0.25, 0.3) is 17.2 Å². The maximum atomic E-state index is 4.84. The minimum atomic E-state index is 0. The number of halogens is 2. The van der Waals surface area contributed by atoms with Gasteiger partial charge in [-0.2, -0.15) is 5.10 Å². The van der Waals surface area contributed by atoms with E-state index in [1.165, 1.54) is 43.6 Å². The van der Waals surface area contributed by atoms with Crippen LogP contribution in [0, 0.1) is 0 Å². The van der Waals surface area contributed by atoms with Gasteiger partial charge in [0.05, 0.1) is 5.69 Å². The van der Waals surface area contributed by atoms with Gasteiger partial charge >= 0.3 is 0 Å². The first-order valence-electron chi connectivity index (χ1n) is 10.5. The van der Waals surface area contributed by atoms with Gasteiger partial charge in [0.2, 0.25) is 0 Å². The van der Waals surface area contributed by atoms with Crippen LogP contribution in [0.1, 0.15) is 36.9 Å². The van der Waals surface area contributed by atoms with Gasteiger partial charge in [-0.1, -0.05) is 18.6 Å². The molecule has 2 aromatic heterocycles. The maximum Gasteiger partial charge on any atom is 0.165 e. The lowest BCUT2D eigenvalue weighted by atomic mass is 10.1. The first kappa shape index (κ1) is 22.8. The number of fused-ring (bicyclic) bond motifs is 1. The number of imidazole rings is 1. The Morgan fingerprint density at radius 2 is 1.83 bits per heavy atom. The van der Waals surface area contributed by atoms with Gasteiger partial charge in [0.25, 0.3) is 0 Å². The molecule has 2 aliphatic rings. The number of hydrogen-bond acceptors (Lipinski definition) is 4. The number of hydrogen-bond donors (Lipinski definition) is 1. The highest BCUT2D eigenvalue weighted by molar-refractivity contribution is 5.85. The molecule has 162 valence electrons. The van der Waals surface area contributed by atoms with Gasteiger partial charge in [-0.25, -0.2) is 4.98 Å². The van der Waals surface area contributed by atoms with Crippen LogP contribution in [0.4, 0.5) is 0 Å². The summed E-state index contributed by atoms with van der Waals surface area (Å²) < 4.78 is 4.29. The van der Waals surface area contributed by atoms with Gasteiger partial charge in [-0.05, 0) is 62.7 Å². The molecule has 1 fully saturated rings. The molecule has 4 heterocycles.